The number of hydrogen-bond acceptors (Lipinski definition) is 4. The standard InChI is InChI=1S/C21H22N2O4/c1-26-19-10-6-3-7-14(19)12-20(24)23-18(21(25)27-2)11-15-13-22-17-9-5-4-8-16(15)17/h3-10,13,18,22H,11-12H2,1-2H3,(H,23,24). The lowest BCUT2D eigenvalue weighted by Crippen LogP contribution is -2.43. The Morgan fingerprint density at radius 1 is 1.04 bits per heavy atom. The first kappa shape index (κ1) is 18.5. The fraction of sp³-hybridized carbons (Fsp3) is 0.238. The molecule has 6 nitrogen and oxygen atoms in total. The van der Waals surface area contributed by atoms with E-state index in [1.807, 2.05) is 48.7 Å². The lowest BCUT2D eigenvalue weighted by molar-refractivity contribution is -0.145. The molecule has 0 radical (unpaired) electrons. The van der Waals surface area contributed by atoms with Gasteiger partial charge in [0.2, 0.25) is 5.91 Å². The van der Waals surface area contributed by atoms with Gasteiger partial charge < -0.3 is 19.8 Å². The molecular formula is C21H22N2O4. The predicted molar refractivity (Wildman–Crippen MR) is 103 cm³/mol. The quantitative estimate of drug-likeness (QED) is 0.630. The molecule has 0 aliphatic rings. The van der Waals surface area contributed by atoms with Crippen molar-refractivity contribution in [2.45, 2.75) is 18.9 Å². The van der Waals surface area contributed by atoms with E-state index >= 15 is 0 Å². The Kier molecular flexibility index (Phi) is 5.76. The Labute approximate surface area is 157 Å². The van der Waals surface area contributed by atoms with Crippen LogP contribution in [0.5, 0.6) is 5.75 Å². The number of rotatable bonds is 7. The summed E-state index contributed by atoms with van der Waals surface area (Å²) >= 11 is 0. The second-order valence-corrected chi connectivity index (χ2v) is 6.20. The van der Waals surface area contributed by atoms with Crippen LogP contribution < -0.4 is 10.1 Å². The first-order valence-electron chi connectivity index (χ1n) is 8.66. The Balaban J connectivity index is 1.75. The largest absolute Gasteiger partial charge is 0.496 e. The number of aromatic amines is 1. The summed E-state index contributed by atoms with van der Waals surface area (Å²) in [5.41, 5.74) is 2.68. The van der Waals surface area contributed by atoms with Gasteiger partial charge in [-0.3, -0.25) is 4.79 Å². The molecule has 3 aromatic rings. The molecule has 27 heavy (non-hydrogen) atoms. The third-order valence-electron chi connectivity index (χ3n) is 4.46. The monoisotopic (exact) mass is 366 g/mol. The van der Waals surface area contributed by atoms with Gasteiger partial charge in [-0.25, -0.2) is 4.79 Å². The molecule has 140 valence electrons. The van der Waals surface area contributed by atoms with Gasteiger partial charge >= 0.3 is 5.97 Å². The lowest BCUT2D eigenvalue weighted by Gasteiger charge is -2.17. The van der Waals surface area contributed by atoms with E-state index in [2.05, 4.69) is 10.3 Å². The molecule has 6 heteroatoms. The number of ether oxygens (including phenoxy) is 2. The molecule has 1 atom stereocenters. The zero-order valence-electron chi connectivity index (χ0n) is 15.3. The van der Waals surface area contributed by atoms with Gasteiger partial charge in [-0.05, 0) is 17.7 Å². The number of H-pyrrole nitrogens is 1. The van der Waals surface area contributed by atoms with Gasteiger partial charge in [0.05, 0.1) is 20.6 Å². The molecule has 2 aromatic carbocycles. The van der Waals surface area contributed by atoms with Crippen molar-refractivity contribution in [3.05, 3.63) is 65.9 Å². The Morgan fingerprint density at radius 3 is 2.56 bits per heavy atom. The lowest BCUT2D eigenvalue weighted by atomic mass is 10.0. The highest BCUT2D eigenvalue weighted by Crippen LogP contribution is 2.20. The van der Waals surface area contributed by atoms with E-state index in [1.165, 1.54) is 7.11 Å². The molecule has 3 rings (SSSR count). The second-order valence-electron chi connectivity index (χ2n) is 6.20. The number of para-hydroxylation sites is 2. The number of hydrogen-bond donors (Lipinski definition) is 2. The molecular weight excluding hydrogens is 344 g/mol. The maximum atomic E-state index is 12.5. The van der Waals surface area contributed by atoms with Gasteiger partial charge in [-0.1, -0.05) is 36.4 Å². The molecule has 0 saturated heterocycles. The maximum Gasteiger partial charge on any atom is 0.328 e. The van der Waals surface area contributed by atoms with Crippen molar-refractivity contribution in [1.82, 2.24) is 10.3 Å². The first-order chi connectivity index (χ1) is 13.1. The normalized spacial score (nSPS) is 11.8. The smallest absolute Gasteiger partial charge is 0.328 e. The van der Waals surface area contributed by atoms with Crippen LogP contribution in [0, 0.1) is 0 Å². The molecule has 0 bridgehead atoms. The van der Waals surface area contributed by atoms with Crippen molar-refractivity contribution in [1.29, 1.82) is 0 Å². The molecule has 0 aliphatic carbocycles. The van der Waals surface area contributed by atoms with Crippen LogP contribution in [0.3, 0.4) is 0 Å². The van der Waals surface area contributed by atoms with Crippen LogP contribution in [0.15, 0.2) is 54.7 Å². The maximum absolute atomic E-state index is 12.5. The van der Waals surface area contributed by atoms with E-state index in [-0.39, 0.29) is 12.3 Å². The number of carbonyl (C=O) groups excluding carboxylic acids is 2. The number of carbonyl (C=O) groups is 2. The molecule has 0 saturated carbocycles. The van der Waals surface area contributed by atoms with Gasteiger partial charge in [-0.15, -0.1) is 0 Å². The van der Waals surface area contributed by atoms with Crippen molar-refractivity contribution in [2.24, 2.45) is 0 Å². The minimum atomic E-state index is -0.767. The third kappa shape index (κ3) is 4.28. The van der Waals surface area contributed by atoms with Crippen LogP contribution in [0.1, 0.15) is 11.1 Å². The fourth-order valence-electron chi connectivity index (χ4n) is 3.12. The summed E-state index contributed by atoms with van der Waals surface area (Å²) in [5, 5.41) is 3.81. The molecule has 2 N–H and O–H groups in total. The van der Waals surface area contributed by atoms with Crippen molar-refractivity contribution in [3.8, 4) is 5.75 Å². The number of benzene rings is 2. The molecule has 0 spiro atoms. The van der Waals surface area contributed by atoms with Crippen LogP contribution in [0.4, 0.5) is 0 Å². The highest BCUT2D eigenvalue weighted by atomic mass is 16.5. The average molecular weight is 366 g/mol. The van der Waals surface area contributed by atoms with E-state index < -0.39 is 12.0 Å². The van der Waals surface area contributed by atoms with E-state index in [1.54, 1.807) is 13.2 Å². The first-order valence-corrected chi connectivity index (χ1v) is 8.66. The summed E-state index contributed by atoms with van der Waals surface area (Å²) in [4.78, 5) is 27.9. The van der Waals surface area contributed by atoms with Gasteiger partial charge in [-0.2, -0.15) is 0 Å². The Hall–Kier alpha value is -3.28. The van der Waals surface area contributed by atoms with Crippen LogP contribution >= 0.6 is 0 Å². The Bertz CT molecular complexity index is 948. The van der Waals surface area contributed by atoms with E-state index in [9.17, 15) is 9.59 Å². The summed E-state index contributed by atoms with van der Waals surface area (Å²) in [6.45, 7) is 0. The van der Waals surface area contributed by atoms with E-state index in [4.69, 9.17) is 9.47 Å². The van der Waals surface area contributed by atoms with Crippen LogP contribution in [0.2, 0.25) is 0 Å². The molecule has 1 heterocycles. The zero-order chi connectivity index (χ0) is 19.2. The van der Waals surface area contributed by atoms with Gasteiger partial charge in [0.25, 0.3) is 0 Å². The van der Waals surface area contributed by atoms with E-state index in [0.29, 0.717) is 12.2 Å². The molecule has 1 unspecified atom stereocenters. The topological polar surface area (TPSA) is 80.4 Å². The number of aromatic nitrogens is 1. The van der Waals surface area contributed by atoms with Crippen LogP contribution in [0.25, 0.3) is 10.9 Å². The molecule has 0 aliphatic heterocycles. The summed E-state index contributed by atoms with van der Waals surface area (Å²) in [7, 11) is 2.88. The Morgan fingerprint density at radius 2 is 1.78 bits per heavy atom. The zero-order valence-corrected chi connectivity index (χ0v) is 15.3. The SMILES string of the molecule is COC(=O)C(Cc1c[nH]c2ccccc12)NC(=O)Cc1ccccc1OC. The van der Waals surface area contributed by atoms with Crippen molar-refractivity contribution in [2.75, 3.05) is 14.2 Å². The van der Waals surface area contributed by atoms with Crippen molar-refractivity contribution < 1.29 is 19.1 Å². The molecule has 1 amide bonds. The minimum Gasteiger partial charge on any atom is -0.496 e. The van der Waals surface area contributed by atoms with Gasteiger partial charge in [0, 0.05) is 29.1 Å². The highest BCUT2D eigenvalue weighted by molar-refractivity contribution is 5.88. The van der Waals surface area contributed by atoms with Crippen LogP contribution in [-0.2, 0) is 27.2 Å². The highest BCUT2D eigenvalue weighted by Gasteiger charge is 2.23. The predicted octanol–water partition coefficient (Wildman–Crippen LogP) is 2.62. The summed E-state index contributed by atoms with van der Waals surface area (Å²) in [6, 6.07) is 14.4. The number of methoxy groups -OCH3 is 2. The number of fused-ring (bicyclic) bond motifs is 1. The number of nitrogens with one attached hydrogen (secondary N) is 2. The van der Waals surface area contributed by atoms with Crippen molar-refractivity contribution >= 4 is 22.8 Å². The minimum absolute atomic E-state index is 0.116. The number of esters is 1. The number of amides is 1. The van der Waals surface area contributed by atoms with E-state index in [0.717, 1.165) is 22.0 Å². The molecule has 0 fully saturated rings. The van der Waals surface area contributed by atoms with Crippen LogP contribution in [-0.4, -0.2) is 37.1 Å². The fourth-order valence-corrected chi connectivity index (χ4v) is 3.12. The average Bonchev–Trinajstić information content (AvgIpc) is 3.10. The summed E-state index contributed by atoms with van der Waals surface area (Å²) in [5.74, 6) is -0.109. The van der Waals surface area contributed by atoms with Gasteiger partial charge in [0.15, 0.2) is 0 Å². The summed E-state index contributed by atoms with van der Waals surface area (Å²) < 4.78 is 10.2. The van der Waals surface area contributed by atoms with Crippen molar-refractivity contribution in [3.63, 3.8) is 0 Å². The molecule has 1 aromatic heterocycles. The summed E-state index contributed by atoms with van der Waals surface area (Å²) in [6.07, 6.45) is 2.31. The third-order valence-corrected chi connectivity index (χ3v) is 4.46. The van der Waals surface area contributed by atoms with Gasteiger partial charge in [0.1, 0.15) is 11.8 Å². The second kappa shape index (κ2) is 8.40.